The number of fused-ring (bicyclic) bond motifs is 1. The summed E-state index contributed by atoms with van der Waals surface area (Å²) in [6, 6.07) is 4.18. The average molecular weight is 542 g/mol. The van der Waals surface area contributed by atoms with Crippen molar-refractivity contribution in [3.05, 3.63) is 63.9 Å². The molecule has 4 rings (SSSR count). The molecule has 1 aromatic carbocycles. The summed E-state index contributed by atoms with van der Waals surface area (Å²) in [7, 11) is 0. The molecule has 0 saturated carbocycles. The van der Waals surface area contributed by atoms with Gasteiger partial charge in [0.25, 0.3) is 5.91 Å². The van der Waals surface area contributed by atoms with Gasteiger partial charge in [-0.1, -0.05) is 19.1 Å². The summed E-state index contributed by atoms with van der Waals surface area (Å²) in [4.78, 5) is 43.5. The molecular formula is C24H20F6N4O4. The van der Waals surface area contributed by atoms with Crippen LogP contribution in [0.2, 0.25) is 0 Å². The molecule has 3 aromatic rings. The molecule has 202 valence electrons. The number of benzene rings is 1. The number of anilines is 1. The number of amides is 2. The lowest BCUT2D eigenvalue weighted by molar-refractivity contribution is -0.153. The fourth-order valence-electron chi connectivity index (χ4n) is 4.17. The number of halogens is 6. The quantitative estimate of drug-likeness (QED) is 0.480. The van der Waals surface area contributed by atoms with Crippen LogP contribution in [0.15, 0.2) is 47.4 Å². The first-order chi connectivity index (χ1) is 17.7. The molecule has 1 aliphatic heterocycles. The van der Waals surface area contributed by atoms with E-state index in [1.54, 1.807) is 5.32 Å². The molecule has 0 aliphatic carbocycles. The number of hydrogen-bond donors (Lipinski definition) is 2. The first-order valence-electron chi connectivity index (χ1n) is 11.3. The van der Waals surface area contributed by atoms with Crippen LogP contribution in [0.3, 0.4) is 0 Å². The van der Waals surface area contributed by atoms with Crippen molar-refractivity contribution in [3.63, 3.8) is 0 Å². The van der Waals surface area contributed by atoms with Crippen molar-refractivity contribution in [2.24, 2.45) is 0 Å². The standard InChI is InChI=1S/C24H20F6N4O4/c1-2-17(24(28,29)30)31-22(38)14-11-33(16-6-4-3-5-15(16)23(25,26)27)21-13(20(14)37)7-8-18(32-21)34-10-12(35)9-19(34)36/h3-8,11-12,17,35H,2,9-10H2,1H3,(H,31,38)/t12-,17+/m0/s1. The van der Waals surface area contributed by atoms with Gasteiger partial charge in [0.2, 0.25) is 11.3 Å². The van der Waals surface area contributed by atoms with Gasteiger partial charge in [-0.05, 0) is 30.7 Å². The van der Waals surface area contributed by atoms with E-state index in [0.717, 1.165) is 33.7 Å². The summed E-state index contributed by atoms with van der Waals surface area (Å²) in [5.74, 6) is -2.01. The van der Waals surface area contributed by atoms with Crippen LogP contribution in [0.1, 0.15) is 35.7 Å². The van der Waals surface area contributed by atoms with Crippen molar-refractivity contribution in [1.29, 1.82) is 0 Å². The van der Waals surface area contributed by atoms with Crippen molar-refractivity contribution in [2.75, 3.05) is 11.4 Å². The predicted octanol–water partition coefficient (Wildman–Crippen LogP) is 3.57. The van der Waals surface area contributed by atoms with Crippen molar-refractivity contribution < 1.29 is 41.0 Å². The molecule has 2 aromatic heterocycles. The Morgan fingerprint density at radius 2 is 1.82 bits per heavy atom. The van der Waals surface area contributed by atoms with E-state index < -0.39 is 65.0 Å². The SMILES string of the molecule is CC[C@@H](NC(=O)c1cn(-c2ccccc2C(F)(F)F)c2nc(N3C[C@@H](O)CC3=O)ccc2c1=O)C(F)(F)F. The average Bonchev–Trinajstić information content (AvgIpc) is 3.18. The summed E-state index contributed by atoms with van der Waals surface area (Å²) in [6.45, 7) is 1.02. The Morgan fingerprint density at radius 3 is 2.39 bits per heavy atom. The Labute approximate surface area is 210 Å². The second-order valence-corrected chi connectivity index (χ2v) is 8.64. The number of rotatable bonds is 5. The van der Waals surface area contributed by atoms with Crippen LogP contribution in [0, 0.1) is 0 Å². The van der Waals surface area contributed by atoms with Gasteiger partial charge in [-0.2, -0.15) is 26.3 Å². The Balaban J connectivity index is 1.97. The minimum atomic E-state index is -4.88. The number of nitrogens with one attached hydrogen (secondary N) is 1. The zero-order chi connectivity index (χ0) is 28.0. The molecule has 8 nitrogen and oxygen atoms in total. The number of hydrogen-bond acceptors (Lipinski definition) is 5. The van der Waals surface area contributed by atoms with Gasteiger partial charge < -0.3 is 10.4 Å². The van der Waals surface area contributed by atoms with Gasteiger partial charge in [0, 0.05) is 6.20 Å². The second kappa shape index (κ2) is 9.74. The summed E-state index contributed by atoms with van der Waals surface area (Å²) in [6.07, 6.45) is -10.8. The van der Waals surface area contributed by atoms with E-state index in [1.165, 1.54) is 19.1 Å². The number of carbonyl (C=O) groups is 2. The smallest absolute Gasteiger partial charge is 0.391 e. The first kappa shape index (κ1) is 27.1. The van der Waals surface area contributed by atoms with E-state index in [2.05, 4.69) is 4.98 Å². The molecule has 38 heavy (non-hydrogen) atoms. The van der Waals surface area contributed by atoms with Crippen LogP contribution < -0.4 is 15.6 Å². The minimum absolute atomic E-state index is 0.0722. The number of aromatic nitrogens is 2. The lowest BCUT2D eigenvalue weighted by Gasteiger charge is -2.22. The maximum absolute atomic E-state index is 13.9. The fourth-order valence-corrected chi connectivity index (χ4v) is 4.17. The third-order valence-corrected chi connectivity index (χ3v) is 6.04. The number of aliphatic hydroxyl groups excluding tert-OH is 1. The number of para-hydroxylation sites is 1. The van der Waals surface area contributed by atoms with Crippen molar-refractivity contribution in [1.82, 2.24) is 14.9 Å². The summed E-state index contributed by atoms with van der Waals surface area (Å²) >= 11 is 0. The molecule has 3 heterocycles. The molecule has 2 N–H and O–H groups in total. The zero-order valence-electron chi connectivity index (χ0n) is 19.6. The van der Waals surface area contributed by atoms with Gasteiger partial charge in [-0.15, -0.1) is 0 Å². The van der Waals surface area contributed by atoms with Crippen LogP contribution in [-0.2, 0) is 11.0 Å². The van der Waals surface area contributed by atoms with Gasteiger partial charge >= 0.3 is 12.4 Å². The predicted molar refractivity (Wildman–Crippen MR) is 123 cm³/mol. The highest BCUT2D eigenvalue weighted by Gasteiger charge is 2.40. The third-order valence-electron chi connectivity index (χ3n) is 6.04. The number of nitrogens with zero attached hydrogens (tertiary/aromatic N) is 3. The van der Waals surface area contributed by atoms with Crippen LogP contribution in [0.5, 0.6) is 0 Å². The summed E-state index contributed by atoms with van der Waals surface area (Å²) in [5.41, 5.74) is -4.00. The zero-order valence-corrected chi connectivity index (χ0v) is 19.6. The molecule has 1 fully saturated rings. The number of pyridine rings is 2. The molecular weight excluding hydrogens is 522 g/mol. The summed E-state index contributed by atoms with van der Waals surface area (Å²) < 4.78 is 82.1. The molecule has 2 amide bonds. The van der Waals surface area contributed by atoms with Gasteiger partial charge in [0.05, 0.1) is 35.7 Å². The number of alkyl halides is 6. The molecule has 0 spiro atoms. The van der Waals surface area contributed by atoms with E-state index in [1.807, 2.05) is 0 Å². The topological polar surface area (TPSA) is 105 Å². The molecule has 0 unspecified atom stereocenters. The fraction of sp³-hybridized carbons (Fsp3) is 0.333. The first-order valence-corrected chi connectivity index (χ1v) is 11.3. The third kappa shape index (κ3) is 5.08. The van der Waals surface area contributed by atoms with Gasteiger partial charge in [0.1, 0.15) is 17.4 Å². The minimum Gasteiger partial charge on any atom is -0.391 e. The molecule has 1 aliphatic rings. The van der Waals surface area contributed by atoms with E-state index in [4.69, 9.17) is 0 Å². The van der Waals surface area contributed by atoms with Crippen LogP contribution in [0.25, 0.3) is 16.7 Å². The summed E-state index contributed by atoms with van der Waals surface area (Å²) in [5, 5.41) is 11.1. The maximum Gasteiger partial charge on any atom is 0.418 e. The second-order valence-electron chi connectivity index (χ2n) is 8.64. The Hall–Kier alpha value is -3.94. The highest BCUT2D eigenvalue weighted by Crippen LogP contribution is 2.35. The number of β-amino-alcohol motifs (C(OH)–C–C–N with tert-alkyl or cyclic N) is 1. The number of carbonyl (C=O) groups excluding carboxylic acids is 2. The Kier molecular flexibility index (Phi) is 6.95. The number of aliphatic hydroxyl groups is 1. The van der Waals surface area contributed by atoms with Crippen molar-refractivity contribution in [3.8, 4) is 5.69 Å². The van der Waals surface area contributed by atoms with E-state index in [0.29, 0.717) is 6.20 Å². The highest BCUT2D eigenvalue weighted by atomic mass is 19.4. The Bertz CT molecular complexity index is 1470. The van der Waals surface area contributed by atoms with Crippen LogP contribution in [0.4, 0.5) is 32.2 Å². The Morgan fingerprint density at radius 1 is 1.13 bits per heavy atom. The van der Waals surface area contributed by atoms with Gasteiger partial charge in [-0.25, -0.2) is 4.98 Å². The largest absolute Gasteiger partial charge is 0.418 e. The lowest BCUT2D eigenvalue weighted by Crippen LogP contribution is -2.46. The molecule has 0 bridgehead atoms. The maximum atomic E-state index is 13.9. The molecule has 0 radical (unpaired) electrons. The van der Waals surface area contributed by atoms with Gasteiger partial charge in [-0.3, -0.25) is 23.9 Å². The normalized spacial score (nSPS) is 17.2. The molecule has 1 saturated heterocycles. The van der Waals surface area contributed by atoms with Crippen molar-refractivity contribution >= 4 is 28.7 Å². The van der Waals surface area contributed by atoms with E-state index in [9.17, 15) is 45.8 Å². The van der Waals surface area contributed by atoms with E-state index >= 15 is 0 Å². The van der Waals surface area contributed by atoms with Crippen LogP contribution >= 0.6 is 0 Å². The van der Waals surface area contributed by atoms with Crippen molar-refractivity contribution in [2.45, 2.75) is 44.3 Å². The molecule has 14 heteroatoms. The lowest BCUT2D eigenvalue weighted by atomic mass is 10.1. The van der Waals surface area contributed by atoms with Gasteiger partial charge in [0.15, 0.2) is 5.65 Å². The highest BCUT2D eigenvalue weighted by molar-refractivity contribution is 5.99. The van der Waals surface area contributed by atoms with Crippen LogP contribution in [-0.4, -0.2) is 51.3 Å². The molecule has 2 atom stereocenters. The monoisotopic (exact) mass is 542 g/mol. The van der Waals surface area contributed by atoms with E-state index in [-0.39, 0.29) is 29.8 Å².